The van der Waals surface area contributed by atoms with E-state index in [-0.39, 0.29) is 36.4 Å². The Morgan fingerprint density at radius 1 is 1.15 bits per heavy atom. The molecular weight excluding hydrogens is 344 g/mol. The van der Waals surface area contributed by atoms with Crippen LogP contribution in [0, 0.1) is 0 Å². The summed E-state index contributed by atoms with van der Waals surface area (Å²) in [5, 5.41) is 2.83. The maximum atomic E-state index is 13.2. The Morgan fingerprint density at radius 3 is 2.74 bits per heavy atom. The lowest BCUT2D eigenvalue weighted by Crippen LogP contribution is -2.42. The molecule has 2 heterocycles. The highest BCUT2D eigenvalue weighted by Gasteiger charge is 2.29. The molecule has 3 aromatic rings. The van der Waals surface area contributed by atoms with Gasteiger partial charge in [0.25, 0.3) is 5.56 Å². The molecule has 0 unspecified atom stereocenters. The highest BCUT2D eigenvalue weighted by atomic mass is 16.2. The second-order valence-corrected chi connectivity index (χ2v) is 6.55. The largest absolute Gasteiger partial charge is 0.324 e. The summed E-state index contributed by atoms with van der Waals surface area (Å²) < 4.78 is 1.42. The van der Waals surface area contributed by atoms with Gasteiger partial charge in [-0.2, -0.15) is 0 Å². The standard InChI is InChI=1S/C20H18N4O3/c1-13-10-18(25)22-15-7-3-5-9-17(15)24(13)20(27)12-23-16-8-4-2-6-14(16)21-11-19(23)26/h2-9,11,13H,10,12H2,1H3,(H,22,25)/t13-/m0/s1. The van der Waals surface area contributed by atoms with Gasteiger partial charge in [-0.25, -0.2) is 4.98 Å². The molecule has 2 amide bonds. The second kappa shape index (κ2) is 6.68. The summed E-state index contributed by atoms with van der Waals surface area (Å²) in [6.45, 7) is 1.70. The van der Waals surface area contributed by atoms with Gasteiger partial charge in [0.15, 0.2) is 0 Å². The third kappa shape index (κ3) is 3.08. The van der Waals surface area contributed by atoms with E-state index < -0.39 is 0 Å². The van der Waals surface area contributed by atoms with Crippen LogP contribution in [0.5, 0.6) is 0 Å². The molecule has 1 aromatic heterocycles. The molecule has 1 aliphatic rings. The maximum Gasteiger partial charge on any atom is 0.269 e. The van der Waals surface area contributed by atoms with Crippen molar-refractivity contribution in [3.05, 3.63) is 65.1 Å². The van der Waals surface area contributed by atoms with Crippen LogP contribution in [0.4, 0.5) is 11.4 Å². The van der Waals surface area contributed by atoms with E-state index in [1.165, 1.54) is 10.8 Å². The van der Waals surface area contributed by atoms with Crippen LogP contribution in [-0.2, 0) is 16.1 Å². The van der Waals surface area contributed by atoms with Crippen LogP contribution in [0.15, 0.2) is 59.5 Å². The smallest absolute Gasteiger partial charge is 0.269 e. The third-order valence-electron chi connectivity index (χ3n) is 4.67. The third-order valence-corrected chi connectivity index (χ3v) is 4.67. The minimum Gasteiger partial charge on any atom is -0.324 e. The van der Waals surface area contributed by atoms with Crippen molar-refractivity contribution in [2.75, 3.05) is 10.2 Å². The zero-order valence-corrected chi connectivity index (χ0v) is 14.8. The van der Waals surface area contributed by atoms with Crippen molar-refractivity contribution in [2.45, 2.75) is 25.9 Å². The van der Waals surface area contributed by atoms with Gasteiger partial charge in [0.2, 0.25) is 11.8 Å². The summed E-state index contributed by atoms with van der Waals surface area (Å²) in [6.07, 6.45) is 1.41. The summed E-state index contributed by atoms with van der Waals surface area (Å²) in [5.74, 6) is -0.401. The van der Waals surface area contributed by atoms with E-state index in [4.69, 9.17) is 0 Å². The average molecular weight is 362 g/mol. The van der Waals surface area contributed by atoms with Crippen molar-refractivity contribution in [3.8, 4) is 0 Å². The van der Waals surface area contributed by atoms with Crippen LogP contribution >= 0.6 is 0 Å². The minimum absolute atomic E-state index is 0.130. The number of hydrogen-bond acceptors (Lipinski definition) is 4. The highest BCUT2D eigenvalue weighted by molar-refractivity contribution is 6.04. The monoisotopic (exact) mass is 362 g/mol. The SMILES string of the molecule is C[C@H]1CC(=O)Nc2ccccc2N1C(=O)Cn1c(=O)cnc2ccccc21. The van der Waals surface area contributed by atoms with Gasteiger partial charge in [-0.05, 0) is 31.2 Å². The van der Waals surface area contributed by atoms with Gasteiger partial charge < -0.3 is 10.2 Å². The van der Waals surface area contributed by atoms with Gasteiger partial charge in [0.1, 0.15) is 6.54 Å². The molecule has 0 saturated heterocycles. The molecular formula is C20H18N4O3. The van der Waals surface area contributed by atoms with E-state index in [1.807, 2.05) is 19.1 Å². The van der Waals surface area contributed by atoms with E-state index >= 15 is 0 Å². The lowest BCUT2D eigenvalue weighted by atomic mass is 10.1. The number of rotatable bonds is 2. The summed E-state index contributed by atoms with van der Waals surface area (Å²) in [6, 6.07) is 14.0. The second-order valence-electron chi connectivity index (χ2n) is 6.55. The first-order chi connectivity index (χ1) is 13.0. The Labute approximate surface area is 155 Å². The summed E-state index contributed by atoms with van der Waals surface area (Å²) in [4.78, 5) is 43.4. The van der Waals surface area contributed by atoms with Gasteiger partial charge in [0, 0.05) is 12.5 Å². The topological polar surface area (TPSA) is 84.3 Å². The lowest BCUT2D eigenvalue weighted by molar-refractivity contribution is -0.119. The number of amides is 2. The number of aromatic nitrogens is 2. The van der Waals surface area contributed by atoms with E-state index in [0.29, 0.717) is 22.4 Å². The normalized spacial score (nSPS) is 16.6. The quantitative estimate of drug-likeness (QED) is 0.757. The number of nitrogens with one attached hydrogen (secondary N) is 1. The first-order valence-corrected chi connectivity index (χ1v) is 8.70. The molecule has 0 radical (unpaired) electrons. The number of carbonyl (C=O) groups excluding carboxylic acids is 2. The summed E-state index contributed by atoms with van der Waals surface area (Å²) >= 11 is 0. The zero-order chi connectivity index (χ0) is 19.0. The first kappa shape index (κ1) is 17.0. The van der Waals surface area contributed by atoms with Crippen LogP contribution in [0.2, 0.25) is 0 Å². The number of hydrogen-bond donors (Lipinski definition) is 1. The molecule has 0 fully saturated rings. The molecule has 7 nitrogen and oxygen atoms in total. The Kier molecular flexibility index (Phi) is 4.19. The Hall–Kier alpha value is -3.48. The fraction of sp³-hybridized carbons (Fsp3) is 0.200. The molecule has 1 atom stereocenters. The average Bonchev–Trinajstić information content (AvgIpc) is 2.78. The Balaban J connectivity index is 1.76. The number of nitrogens with zero attached hydrogens (tertiary/aromatic N) is 3. The fourth-order valence-corrected chi connectivity index (χ4v) is 3.46. The lowest BCUT2D eigenvalue weighted by Gasteiger charge is -2.28. The van der Waals surface area contributed by atoms with Crippen molar-refractivity contribution >= 4 is 34.2 Å². The summed E-state index contributed by atoms with van der Waals surface area (Å²) in [7, 11) is 0. The van der Waals surface area contributed by atoms with Crippen LogP contribution in [-0.4, -0.2) is 27.4 Å². The number of anilines is 2. The molecule has 1 N–H and O–H groups in total. The predicted octanol–water partition coefficient (Wildman–Crippen LogP) is 2.16. The number of para-hydroxylation sites is 4. The van der Waals surface area contributed by atoms with E-state index in [9.17, 15) is 14.4 Å². The van der Waals surface area contributed by atoms with E-state index in [0.717, 1.165) is 0 Å². The number of fused-ring (bicyclic) bond motifs is 2. The molecule has 27 heavy (non-hydrogen) atoms. The van der Waals surface area contributed by atoms with Gasteiger partial charge in [0.05, 0.1) is 28.6 Å². The predicted molar refractivity (Wildman–Crippen MR) is 103 cm³/mol. The molecule has 1 aliphatic heterocycles. The highest BCUT2D eigenvalue weighted by Crippen LogP contribution is 2.31. The van der Waals surface area contributed by atoms with Gasteiger partial charge in [-0.3, -0.25) is 19.0 Å². The Bertz CT molecular complexity index is 1110. The van der Waals surface area contributed by atoms with Crippen molar-refractivity contribution < 1.29 is 9.59 Å². The minimum atomic E-state index is -0.341. The van der Waals surface area contributed by atoms with Crippen LogP contribution in [0.1, 0.15) is 13.3 Å². The van der Waals surface area contributed by atoms with Gasteiger partial charge in [-0.15, -0.1) is 0 Å². The van der Waals surface area contributed by atoms with Crippen LogP contribution < -0.4 is 15.8 Å². The van der Waals surface area contributed by atoms with Crippen molar-refractivity contribution in [3.63, 3.8) is 0 Å². The van der Waals surface area contributed by atoms with Crippen molar-refractivity contribution in [1.82, 2.24) is 9.55 Å². The number of benzene rings is 2. The zero-order valence-electron chi connectivity index (χ0n) is 14.8. The van der Waals surface area contributed by atoms with Crippen molar-refractivity contribution in [2.24, 2.45) is 0 Å². The molecule has 2 aromatic carbocycles. The summed E-state index contributed by atoms with van der Waals surface area (Å²) in [5.41, 5.74) is 2.13. The molecule has 136 valence electrons. The van der Waals surface area contributed by atoms with Crippen LogP contribution in [0.25, 0.3) is 11.0 Å². The van der Waals surface area contributed by atoms with Crippen LogP contribution in [0.3, 0.4) is 0 Å². The van der Waals surface area contributed by atoms with E-state index in [1.54, 1.807) is 41.3 Å². The van der Waals surface area contributed by atoms with Crippen molar-refractivity contribution in [1.29, 1.82) is 0 Å². The van der Waals surface area contributed by atoms with Gasteiger partial charge >= 0.3 is 0 Å². The molecule has 7 heteroatoms. The molecule has 0 spiro atoms. The Morgan fingerprint density at radius 2 is 1.89 bits per heavy atom. The molecule has 0 bridgehead atoms. The first-order valence-electron chi connectivity index (χ1n) is 8.70. The molecule has 4 rings (SSSR count). The fourth-order valence-electron chi connectivity index (χ4n) is 3.46. The number of carbonyl (C=O) groups is 2. The molecule has 0 saturated carbocycles. The van der Waals surface area contributed by atoms with Gasteiger partial charge in [-0.1, -0.05) is 24.3 Å². The molecule has 0 aliphatic carbocycles. The van der Waals surface area contributed by atoms with E-state index in [2.05, 4.69) is 10.3 Å². The maximum absolute atomic E-state index is 13.2.